The van der Waals surface area contributed by atoms with Crippen LogP contribution in [0.25, 0.3) is 0 Å². The van der Waals surface area contributed by atoms with Gasteiger partial charge >= 0.3 is 5.97 Å². The van der Waals surface area contributed by atoms with Crippen LogP contribution in [0.4, 0.5) is 8.78 Å². The lowest BCUT2D eigenvalue weighted by molar-refractivity contribution is -0.146. The van der Waals surface area contributed by atoms with E-state index in [1.165, 1.54) is 6.42 Å². The molecular weight excluding hydrogens is 322 g/mol. The third kappa shape index (κ3) is 4.28. The van der Waals surface area contributed by atoms with Gasteiger partial charge in [-0.25, -0.2) is 13.6 Å². The van der Waals surface area contributed by atoms with Crippen LogP contribution in [-0.2, 0) is 9.53 Å². The van der Waals surface area contributed by atoms with Crippen LogP contribution in [0.2, 0.25) is 0 Å². The van der Waals surface area contributed by atoms with Gasteiger partial charge in [0.2, 0.25) is 0 Å². The Morgan fingerprint density at radius 3 is 2.36 bits per heavy atom. The first-order valence-electron chi connectivity index (χ1n) is 9.40. The van der Waals surface area contributed by atoms with E-state index in [0.717, 1.165) is 57.4 Å². The monoisotopic (exact) mass is 348 g/mol. The van der Waals surface area contributed by atoms with E-state index in [2.05, 4.69) is 6.58 Å². The largest absolute Gasteiger partial charge is 0.459 e. The van der Waals surface area contributed by atoms with Crippen molar-refractivity contribution in [3.8, 4) is 0 Å². The van der Waals surface area contributed by atoms with Crippen molar-refractivity contribution in [2.45, 2.75) is 69.8 Å². The molecule has 0 saturated heterocycles. The standard InChI is InChI=1S/C21H26F2O2/c1-14(21(24)25-17-6-3-2-4-7-17)15-10-12-16(13-11-15)18-8-5-9-19(22)20(18)23/h5,8-9,15-17H,1-4,6-7,10-13H2. The highest BCUT2D eigenvalue weighted by molar-refractivity contribution is 5.88. The average Bonchev–Trinajstić information content (AvgIpc) is 2.64. The number of carbonyl (C=O) groups is 1. The van der Waals surface area contributed by atoms with Crippen molar-refractivity contribution in [1.82, 2.24) is 0 Å². The Hall–Kier alpha value is -1.71. The van der Waals surface area contributed by atoms with Crippen LogP contribution >= 0.6 is 0 Å². The summed E-state index contributed by atoms with van der Waals surface area (Å²) >= 11 is 0. The minimum Gasteiger partial charge on any atom is -0.459 e. The third-order valence-corrected chi connectivity index (χ3v) is 5.73. The number of hydrogen-bond acceptors (Lipinski definition) is 2. The molecule has 0 unspecified atom stereocenters. The van der Waals surface area contributed by atoms with Gasteiger partial charge in [-0.2, -0.15) is 0 Å². The number of benzene rings is 1. The third-order valence-electron chi connectivity index (χ3n) is 5.73. The maximum Gasteiger partial charge on any atom is 0.333 e. The molecule has 2 aliphatic rings. The molecule has 2 saturated carbocycles. The lowest BCUT2D eigenvalue weighted by Gasteiger charge is -2.30. The van der Waals surface area contributed by atoms with Crippen LogP contribution in [0, 0.1) is 17.6 Å². The van der Waals surface area contributed by atoms with Crippen molar-refractivity contribution < 1.29 is 18.3 Å². The van der Waals surface area contributed by atoms with Gasteiger partial charge in [0, 0.05) is 5.57 Å². The Bertz CT molecular complexity index is 627. The summed E-state index contributed by atoms with van der Waals surface area (Å²) in [6.07, 6.45) is 8.39. The first kappa shape index (κ1) is 18.1. The zero-order valence-electron chi connectivity index (χ0n) is 14.6. The summed E-state index contributed by atoms with van der Waals surface area (Å²) in [5, 5.41) is 0. The predicted octanol–water partition coefficient (Wildman–Crippen LogP) is 5.67. The van der Waals surface area contributed by atoms with Gasteiger partial charge in [0.15, 0.2) is 11.6 Å². The maximum absolute atomic E-state index is 14.0. The van der Waals surface area contributed by atoms with Crippen LogP contribution in [-0.4, -0.2) is 12.1 Å². The molecule has 0 N–H and O–H groups in total. The highest BCUT2D eigenvalue weighted by Gasteiger charge is 2.30. The molecule has 2 nitrogen and oxygen atoms in total. The van der Waals surface area contributed by atoms with E-state index in [1.807, 2.05) is 0 Å². The topological polar surface area (TPSA) is 26.3 Å². The summed E-state index contributed by atoms with van der Waals surface area (Å²) in [4.78, 5) is 12.3. The minimum atomic E-state index is -0.792. The molecule has 0 aliphatic heterocycles. The first-order chi connectivity index (χ1) is 12.1. The quantitative estimate of drug-likeness (QED) is 0.517. The number of rotatable bonds is 4. The fraction of sp³-hybridized carbons (Fsp3) is 0.571. The van der Waals surface area contributed by atoms with Gasteiger partial charge in [-0.1, -0.05) is 25.1 Å². The van der Waals surface area contributed by atoms with Gasteiger partial charge in [-0.15, -0.1) is 0 Å². The normalized spacial score (nSPS) is 24.7. The van der Waals surface area contributed by atoms with Crippen molar-refractivity contribution >= 4 is 5.97 Å². The zero-order chi connectivity index (χ0) is 17.8. The Morgan fingerprint density at radius 1 is 1.00 bits per heavy atom. The smallest absolute Gasteiger partial charge is 0.333 e. The molecule has 1 aromatic carbocycles. The Morgan fingerprint density at radius 2 is 1.68 bits per heavy atom. The van der Waals surface area contributed by atoms with Crippen molar-refractivity contribution in [1.29, 1.82) is 0 Å². The lowest BCUT2D eigenvalue weighted by Crippen LogP contribution is -2.25. The van der Waals surface area contributed by atoms with E-state index in [1.54, 1.807) is 12.1 Å². The van der Waals surface area contributed by atoms with Gasteiger partial charge in [0.25, 0.3) is 0 Å². The summed E-state index contributed by atoms with van der Waals surface area (Å²) in [6.45, 7) is 3.96. The van der Waals surface area contributed by atoms with Gasteiger partial charge in [-0.3, -0.25) is 0 Å². The summed E-state index contributed by atoms with van der Waals surface area (Å²) in [5.74, 6) is -1.70. The van der Waals surface area contributed by atoms with Crippen LogP contribution in [0.3, 0.4) is 0 Å². The molecule has 0 spiro atoms. The maximum atomic E-state index is 14.0. The molecule has 2 aliphatic carbocycles. The molecular formula is C21H26F2O2. The number of halogens is 2. The van der Waals surface area contributed by atoms with Gasteiger partial charge < -0.3 is 4.74 Å². The molecule has 4 heteroatoms. The number of carbonyl (C=O) groups excluding carboxylic acids is 1. The number of hydrogen-bond donors (Lipinski definition) is 0. The molecule has 136 valence electrons. The van der Waals surface area contributed by atoms with Gasteiger partial charge in [-0.05, 0) is 74.8 Å². The predicted molar refractivity (Wildman–Crippen MR) is 93.2 cm³/mol. The average molecular weight is 348 g/mol. The SMILES string of the molecule is C=C(C(=O)OC1CCCCC1)C1CCC(c2cccc(F)c2F)CC1. The molecule has 0 amide bonds. The summed E-state index contributed by atoms with van der Waals surface area (Å²) < 4.78 is 33.0. The summed E-state index contributed by atoms with van der Waals surface area (Å²) in [5.41, 5.74) is 0.998. The molecule has 3 rings (SSSR count). The van der Waals surface area contributed by atoms with Crippen molar-refractivity contribution in [2.75, 3.05) is 0 Å². The Kier molecular flexibility index (Phi) is 5.87. The highest BCUT2D eigenvalue weighted by atomic mass is 19.2. The van der Waals surface area contributed by atoms with E-state index in [0.29, 0.717) is 11.1 Å². The molecule has 0 bridgehead atoms. The Labute approximate surface area is 148 Å². The fourth-order valence-electron chi connectivity index (χ4n) is 4.17. The van der Waals surface area contributed by atoms with E-state index in [-0.39, 0.29) is 23.9 Å². The van der Waals surface area contributed by atoms with Crippen molar-refractivity contribution in [3.05, 3.63) is 47.5 Å². The summed E-state index contributed by atoms with van der Waals surface area (Å²) in [7, 11) is 0. The summed E-state index contributed by atoms with van der Waals surface area (Å²) in [6, 6.07) is 4.36. The molecule has 25 heavy (non-hydrogen) atoms. The molecule has 0 heterocycles. The van der Waals surface area contributed by atoms with E-state index >= 15 is 0 Å². The molecule has 0 aromatic heterocycles. The second kappa shape index (κ2) is 8.11. The second-order valence-electron chi connectivity index (χ2n) is 7.38. The lowest BCUT2D eigenvalue weighted by atomic mass is 9.76. The minimum absolute atomic E-state index is 0.00844. The fourth-order valence-corrected chi connectivity index (χ4v) is 4.17. The highest BCUT2D eigenvalue weighted by Crippen LogP contribution is 2.39. The van der Waals surface area contributed by atoms with Gasteiger partial charge in [0.1, 0.15) is 6.10 Å². The van der Waals surface area contributed by atoms with E-state index < -0.39 is 11.6 Å². The van der Waals surface area contributed by atoms with E-state index in [9.17, 15) is 13.6 Å². The second-order valence-corrected chi connectivity index (χ2v) is 7.38. The van der Waals surface area contributed by atoms with Crippen LogP contribution < -0.4 is 0 Å². The van der Waals surface area contributed by atoms with Crippen LogP contribution in [0.5, 0.6) is 0 Å². The van der Waals surface area contributed by atoms with Crippen LogP contribution in [0.15, 0.2) is 30.4 Å². The zero-order valence-corrected chi connectivity index (χ0v) is 14.6. The first-order valence-corrected chi connectivity index (χ1v) is 9.40. The van der Waals surface area contributed by atoms with E-state index in [4.69, 9.17) is 4.74 Å². The van der Waals surface area contributed by atoms with Crippen LogP contribution in [0.1, 0.15) is 69.3 Å². The molecule has 0 radical (unpaired) electrons. The van der Waals surface area contributed by atoms with Crippen molar-refractivity contribution in [3.63, 3.8) is 0 Å². The number of ether oxygens (including phenoxy) is 1. The van der Waals surface area contributed by atoms with Gasteiger partial charge in [0.05, 0.1) is 0 Å². The van der Waals surface area contributed by atoms with Crippen molar-refractivity contribution in [2.24, 2.45) is 5.92 Å². The molecule has 0 atom stereocenters. The number of esters is 1. The molecule has 2 fully saturated rings. The Balaban J connectivity index is 1.53. The molecule has 1 aromatic rings.